The minimum absolute atomic E-state index is 0.646. The summed E-state index contributed by atoms with van der Waals surface area (Å²) in [4.78, 5) is 7.70. The predicted octanol–water partition coefficient (Wildman–Crippen LogP) is 0.164. The highest BCUT2D eigenvalue weighted by molar-refractivity contribution is 5.09. The van der Waals surface area contributed by atoms with Crippen LogP contribution in [0.15, 0.2) is 0 Å². The van der Waals surface area contributed by atoms with Crippen LogP contribution >= 0.6 is 0 Å². The first-order valence-electron chi connectivity index (χ1n) is 8.48. The highest BCUT2D eigenvalue weighted by Gasteiger charge is 2.54. The fourth-order valence-electron chi connectivity index (χ4n) is 5.14. The van der Waals surface area contributed by atoms with Gasteiger partial charge in [-0.15, -0.1) is 0 Å². The summed E-state index contributed by atoms with van der Waals surface area (Å²) in [6, 6.07) is 0.848. The lowest BCUT2D eigenvalue weighted by atomic mass is 9.86. The molecule has 0 radical (unpaired) electrons. The van der Waals surface area contributed by atoms with Gasteiger partial charge in [0.25, 0.3) is 0 Å². The number of nitrogens with zero attached hydrogens (tertiary/aromatic N) is 3. The van der Waals surface area contributed by atoms with Gasteiger partial charge >= 0.3 is 0 Å². The van der Waals surface area contributed by atoms with Gasteiger partial charge in [0, 0.05) is 45.3 Å². The highest BCUT2D eigenvalue weighted by Crippen LogP contribution is 2.44. The Hall–Kier alpha value is -0.160. The minimum Gasteiger partial charge on any atom is -0.312 e. The molecular formula is C16H30N4. The van der Waals surface area contributed by atoms with Crippen LogP contribution in [0.5, 0.6) is 0 Å². The maximum absolute atomic E-state index is 3.82. The van der Waals surface area contributed by atoms with Crippen molar-refractivity contribution in [3.63, 3.8) is 0 Å². The molecule has 3 heterocycles. The van der Waals surface area contributed by atoms with Crippen molar-refractivity contribution in [3.8, 4) is 0 Å². The van der Waals surface area contributed by atoms with Crippen LogP contribution in [0.4, 0.5) is 0 Å². The molecule has 1 aliphatic carbocycles. The Labute approximate surface area is 123 Å². The Morgan fingerprint density at radius 2 is 1.75 bits per heavy atom. The molecule has 3 saturated heterocycles. The van der Waals surface area contributed by atoms with Gasteiger partial charge in [-0.2, -0.15) is 0 Å². The third-order valence-electron chi connectivity index (χ3n) is 6.33. The van der Waals surface area contributed by atoms with E-state index in [0.29, 0.717) is 5.41 Å². The monoisotopic (exact) mass is 278 g/mol. The molecule has 20 heavy (non-hydrogen) atoms. The fraction of sp³-hybridized carbons (Fsp3) is 1.00. The lowest BCUT2D eigenvalue weighted by Gasteiger charge is -2.24. The number of hydrogen-bond acceptors (Lipinski definition) is 4. The van der Waals surface area contributed by atoms with Gasteiger partial charge in [0.2, 0.25) is 0 Å². The molecule has 0 aromatic heterocycles. The van der Waals surface area contributed by atoms with Gasteiger partial charge in [-0.1, -0.05) is 0 Å². The normalized spacial score (nSPS) is 45.6. The summed E-state index contributed by atoms with van der Waals surface area (Å²) in [5.41, 5.74) is 0.646. The standard InChI is InChI=1S/C16H30N4/c1-18-6-3-16(11-18)4-7-20(12-16)8-5-17-15-13-9-19(2)10-14(13)15/h13-15,17H,3-12H2,1-2H3. The van der Waals surface area contributed by atoms with Crippen LogP contribution in [0.1, 0.15) is 12.8 Å². The third kappa shape index (κ3) is 2.41. The van der Waals surface area contributed by atoms with Crippen molar-refractivity contribution in [2.75, 3.05) is 66.5 Å². The van der Waals surface area contributed by atoms with E-state index < -0.39 is 0 Å². The zero-order valence-corrected chi connectivity index (χ0v) is 13.1. The van der Waals surface area contributed by atoms with Crippen LogP contribution < -0.4 is 5.32 Å². The highest BCUT2D eigenvalue weighted by atomic mass is 15.2. The van der Waals surface area contributed by atoms with E-state index in [1.165, 1.54) is 65.2 Å². The molecule has 0 aromatic rings. The van der Waals surface area contributed by atoms with Crippen molar-refractivity contribution in [1.29, 1.82) is 0 Å². The zero-order chi connectivity index (χ0) is 13.7. The van der Waals surface area contributed by atoms with E-state index in [2.05, 4.69) is 34.1 Å². The summed E-state index contributed by atoms with van der Waals surface area (Å²) in [7, 11) is 4.54. The molecule has 3 unspecified atom stereocenters. The van der Waals surface area contributed by atoms with Crippen molar-refractivity contribution in [2.24, 2.45) is 17.3 Å². The van der Waals surface area contributed by atoms with Crippen LogP contribution in [-0.4, -0.2) is 87.2 Å². The SMILES string of the molecule is CN1CC2C(C1)C2NCCN1CCC2(CCN(C)C2)C1. The van der Waals surface area contributed by atoms with Gasteiger partial charge in [0.1, 0.15) is 0 Å². The summed E-state index contributed by atoms with van der Waals surface area (Å²) in [5, 5.41) is 3.82. The molecule has 4 fully saturated rings. The number of nitrogens with one attached hydrogen (secondary N) is 1. The summed E-state index contributed by atoms with van der Waals surface area (Å²) in [6.45, 7) is 10.4. The summed E-state index contributed by atoms with van der Waals surface area (Å²) in [5.74, 6) is 1.93. The zero-order valence-electron chi connectivity index (χ0n) is 13.1. The Morgan fingerprint density at radius 3 is 2.45 bits per heavy atom. The van der Waals surface area contributed by atoms with E-state index in [1.54, 1.807) is 0 Å². The summed E-state index contributed by atoms with van der Waals surface area (Å²) >= 11 is 0. The molecule has 3 atom stereocenters. The van der Waals surface area contributed by atoms with Gasteiger partial charge in [0.05, 0.1) is 0 Å². The number of hydrogen-bond donors (Lipinski definition) is 1. The Bertz CT molecular complexity index is 361. The molecular weight excluding hydrogens is 248 g/mol. The van der Waals surface area contributed by atoms with Crippen LogP contribution in [0.25, 0.3) is 0 Å². The molecule has 0 bridgehead atoms. The third-order valence-corrected chi connectivity index (χ3v) is 6.33. The first kappa shape index (κ1) is 13.5. The summed E-state index contributed by atoms with van der Waals surface area (Å²) in [6.07, 6.45) is 2.85. The molecule has 3 aliphatic heterocycles. The molecule has 0 aromatic carbocycles. The van der Waals surface area contributed by atoms with Gasteiger partial charge < -0.3 is 20.0 Å². The molecule has 1 saturated carbocycles. The van der Waals surface area contributed by atoms with Gasteiger partial charge in [0.15, 0.2) is 0 Å². The Balaban J connectivity index is 1.17. The molecule has 0 amide bonds. The number of rotatable bonds is 4. The predicted molar refractivity (Wildman–Crippen MR) is 81.9 cm³/mol. The molecule has 4 rings (SSSR count). The van der Waals surface area contributed by atoms with Crippen LogP contribution in [0.3, 0.4) is 0 Å². The molecule has 4 nitrogen and oxygen atoms in total. The average molecular weight is 278 g/mol. The van der Waals surface area contributed by atoms with Crippen molar-refractivity contribution in [3.05, 3.63) is 0 Å². The lowest BCUT2D eigenvalue weighted by Crippen LogP contribution is -2.36. The Kier molecular flexibility index (Phi) is 3.33. The maximum Gasteiger partial charge on any atom is 0.0156 e. The number of piperidine rings is 1. The van der Waals surface area contributed by atoms with E-state index in [0.717, 1.165) is 17.9 Å². The topological polar surface area (TPSA) is 21.8 Å². The first-order chi connectivity index (χ1) is 9.65. The quantitative estimate of drug-likeness (QED) is 0.791. The van der Waals surface area contributed by atoms with Crippen molar-refractivity contribution < 1.29 is 0 Å². The molecule has 1 N–H and O–H groups in total. The first-order valence-corrected chi connectivity index (χ1v) is 8.48. The second-order valence-electron chi connectivity index (χ2n) is 8.04. The lowest BCUT2D eigenvalue weighted by molar-refractivity contribution is 0.253. The number of fused-ring (bicyclic) bond motifs is 1. The van der Waals surface area contributed by atoms with E-state index in [-0.39, 0.29) is 0 Å². The minimum atomic E-state index is 0.646. The van der Waals surface area contributed by atoms with Crippen LogP contribution in [0, 0.1) is 17.3 Å². The van der Waals surface area contributed by atoms with Crippen molar-refractivity contribution >= 4 is 0 Å². The average Bonchev–Trinajstić information content (AvgIpc) is 2.82. The van der Waals surface area contributed by atoms with Gasteiger partial charge in [-0.3, -0.25) is 0 Å². The second kappa shape index (κ2) is 4.94. The van der Waals surface area contributed by atoms with E-state index >= 15 is 0 Å². The largest absolute Gasteiger partial charge is 0.312 e. The smallest absolute Gasteiger partial charge is 0.0156 e. The van der Waals surface area contributed by atoms with E-state index in [9.17, 15) is 0 Å². The van der Waals surface area contributed by atoms with Gasteiger partial charge in [-0.05, 0) is 57.3 Å². The summed E-state index contributed by atoms with van der Waals surface area (Å²) < 4.78 is 0. The van der Waals surface area contributed by atoms with E-state index in [1.807, 2.05) is 0 Å². The maximum atomic E-state index is 3.82. The molecule has 1 spiro atoms. The molecule has 4 heteroatoms. The van der Waals surface area contributed by atoms with Crippen LogP contribution in [0.2, 0.25) is 0 Å². The number of likely N-dealkylation sites (tertiary alicyclic amines) is 3. The molecule has 114 valence electrons. The second-order valence-corrected chi connectivity index (χ2v) is 8.04. The van der Waals surface area contributed by atoms with Gasteiger partial charge in [-0.25, -0.2) is 0 Å². The van der Waals surface area contributed by atoms with Crippen molar-refractivity contribution in [1.82, 2.24) is 20.0 Å². The van der Waals surface area contributed by atoms with Crippen molar-refractivity contribution in [2.45, 2.75) is 18.9 Å². The Morgan fingerprint density at radius 1 is 1.00 bits per heavy atom. The van der Waals surface area contributed by atoms with Crippen LogP contribution in [-0.2, 0) is 0 Å². The fourth-order valence-corrected chi connectivity index (χ4v) is 5.14. The molecule has 4 aliphatic rings. The van der Waals surface area contributed by atoms with E-state index in [4.69, 9.17) is 0 Å².